The van der Waals surface area contributed by atoms with E-state index in [0.717, 1.165) is 22.9 Å². The van der Waals surface area contributed by atoms with Gasteiger partial charge in [0.1, 0.15) is 5.70 Å². The van der Waals surface area contributed by atoms with E-state index in [1.54, 1.807) is 0 Å². The lowest BCUT2D eigenvalue weighted by molar-refractivity contribution is -0.128. The molecule has 1 amide bonds. The molecule has 2 aromatic rings. The second-order valence-electron chi connectivity index (χ2n) is 6.72. The van der Waals surface area contributed by atoms with Crippen LogP contribution in [0.4, 0.5) is 0 Å². The molecule has 0 bridgehead atoms. The average molecular weight is 393 g/mol. The highest BCUT2D eigenvalue weighted by Gasteiger charge is 2.23. The predicted octanol–water partition coefficient (Wildman–Crippen LogP) is 3.44. The lowest BCUT2D eigenvalue weighted by Gasteiger charge is -2.26. The van der Waals surface area contributed by atoms with E-state index in [9.17, 15) is 15.0 Å². The van der Waals surface area contributed by atoms with Crippen molar-refractivity contribution in [1.82, 2.24) is 4.90 Å². The third kappa shape index (κ3) is 5.42. The number of benzene rings is 2. The predicted molar refractivity (Wildman–Crippen MR) is 116 cm³/mol. The Bertz CT molecular complexity index is 875. The van der Waals surface area contributed by atoms with Crippen molar-refractivity contribution in [2.75, 3.05) is 6.54 Å². The number of nitrogens with two attached hydrogens (primary N) is 2. The second kappa shape index (κ2) is 10.0. The summed E-state index contributed by atoms with van der Waals surface area (Å²) in [7, 11) is 0. The molecule has 0 unspecified atom stereocenters. The molecule has 0 atom stereocenters. The molecule has 152 valence electrons. The van der Waals surface area contributed by atoms with Crippen molar-refractivity contribution >= 4 is 11.5 Å². The minimum Gasteiger partial charge on any atom is -0.503 e. The first-order valence-corrected chi connectivity index (χ1v) is 9.28. The molecule has 0 aliphatic carbocycles. The topological polar surface area (TPSA) is 113 Å². The van der Waals surface area contributed by atoms with E-state index in [2.05, 4.69) is 0 Å². The Morgan fingerprint density at radius 3 is 1.90 bits per heavy atom. The third-order valence-electron chi connectivity index (χ3n) is 4.43. The summed E-state index contributed by atoms with van der Waals surface area (Å²) in [5, 5.41) is 19.5. The molecule has 6 N–H and O–H groups in total. The van der Waals surface area contributed by atoms with Crippen molar-refractivity contribution < 1.29 is 15.0 Å². The van der Waals surface area contributed by atoms with Gasteiger partial charge in [-0.15, -0.1) is 0 Å². The largest absolute Gasteiger partial charge is 0.503 e. The molecule has 0 aromatic heterocycles. The van der Waals surface area contributed by atoms with E-state index in [4.69, 9.17) is 11.5 Å². The first kappa shape index (κ1) is 21.6. The fraction of sp³-hybridized carbons (Fsp3) is 0.174. The molecule has 2 rings (SSSR count). The van der Waals surface area contributed by atoms with Gasteiger partial charge in [0.15, 0.2) is 11.5 Å². The van der Waals surface area contributed by atoms with Gasteiger partial charge < -0.3 is 26.6 Å². The van der Waals surface area contributed by atoms with Crippen molar-refractivity contribution in [1.29, 1.82) is 0 Å². The highest BCUT2D eigenvalue weighted by molar-refractivity contribution is 5.94. The van der Waals surface area contributed by atoms with E-state index in [1.165, 1.54) is 4.90 Å². The summed E-state index contributed by atoms with van der Waals surface area (Å²) in [4.78, 5) is 14.3. The monoisotopic (exact) mass is 393 g/mol. The number of hydrogen-bond donors (Lipinski definition) is 4. The van der Waals surface area contributed by atoms with Crippen molar-refractivity contribution in [3.8, 4) is 0 Å². The molecule has 0 radical (unpaired) electrons. The average Bonchev–Trinajstić information content (AvgIpc) is 2.75. The minimum atomic E-state index is -0.738. The van der Waals surface area contributed by atoms with Gasteiger partial charge in [-0.1, -0.05) is 66.7 Å². The lowest BCUT2D eigenvalue weighted by atomic mass is 9.97. The lowest BCUT2D eigenvalue weighted by Crippen LogP contribution is -2.40. The Morgan fingerprint density at radius 1 is 1.00 bits per heavy atom. The van der Waals surface area contributed by atoms with Gasteiger partial charge in [0.25, 0.3) is 5.91 Å². The van der Waals surface area contributed by atoms with Gasteiger partial charge in [0.2, 0.25) is 0 Å². The second-order valence-corrected chi connectivity index (χ2v) is 6.72. The summed E-state index contributed by atoms with van der Waals surface area (Å²) in [6.45, 7) is 3.95. The number of carbonyl (C=O) groups excluding carboxylic acids is 1. The van der Waals surface area contributed by atoms with Crippen molar-refractivity contribution in [2.45, 2.75) is 19.9 Å². The Hall–Kier alpha value is -3.67. The van der Waals surface area contributed by atoms with Gasteiger partial charge in [-0.2, -0.15) is 0 Å². The first-order valence-electron chi connectivity index (χ1n) is 9.28. The zero-order valence-corrected chi connectivity index (χ0v) is 16.6. The molecule has 6 heteroatoms. The molecule has 0 saturated heterocycles. The molecule has 29 heavy (non-hydrogen) atoms. The summed E-state index contributed by atoms with van der Waals surface area (Å²) < 4.78 is 0. The number of nitrogens with zero attached hydrogens (tertiary/aromatic N) is 1. The fourth-order valence-electron chi connectivity index (χ4n) is 2.83. The maximum atomic E-state index is 12.8. The zero-order valence-electron chi connectivity index (χ0n) is 16.6. The Morgan fingerprint density at radius 2 is 1.48 bits per heavy atom. The number of carbonyl (C=O) groups is 1. The van der Waals surface area contributed by atoms with Crippen LogP contribution in [0.15, 0.2) is 90.2 Å². The van der Waals surface area contributed by atoms with E-state index in [-0.39, 0.29) is 12.6 Å². The van der Waals surface area contributed by atoms with Gasteiger partial charge in [-0.05, 0) is 30.5 Å². The van der Waals surface area contributed by atoms with Gasteiger partial charge in [-0.3, -0.25) is 4.79 Å². The molecule has 0 aliphatic heterocycles. The van der Waals surface area contributed by atoms with Crippen LogP contribution >= 0.6 is 0 Å². The summed E-state index contributed by atoms with van der Waals surface area (Å²) in [6, 6.07) is 19.5. The number of aliphatic hydroxyl groups is 2. The van der Waals surface area contributed by atoms with Crippen molar-refractivity contribution in [3.05, 3.63) is 101 Å². The molecular weight excluding hydrogens is 366 g/mol. The van der Waals surface area contributed by atoms with E-state index < -0.39 is 23.1 Å². The van der Waals surface area contributed by atoms with E-state index in [0.29, 0.717) is 0 Å². The fourth-order valence-corrected chi connectivity index (χ4v) is 2.83. The molecule has 6 nitrogen and oxygen atoms in total. The van der Waals surface area contributed by atoms with Gasteiger partial charge in [-0.25, -0.2) is 0 Å². The van der Waals surface area contributed by atoms with Gasteiger partial charge in [0.05, 0.1) is 0 Å². The molecule has 0 spiro atoms. The minimum absolute atomic E-state index is 0.193. The van der Waals surface area contributed by atoms with Crippen molar-refractivity contribution in [3.63, 3.8) is 0 Å². The summed E-state index contributed by atoms with van der Waals surface area (Å²) in [5.74, 6) is -1.98. The molecule has 0 fully saturated rings. The van der Waals surface area contributed by atoms with Crippen molar-refractivity contribution in [2.24, 2.45) is 11.5 Å². The van der Waals surface area contributed by atoms with Gasteiger partial charge in [0, 0.05) is 18.8 Å². The summed E-state index contributed by atoms with van der Waals surface area (Å²) >= 11 is 0. The van der Waals surface area contributed by atoms with E-state index >= 15 is 0 Å². The van der Waals surface area contributed by atoms with Crippen LogP contribution in [0, 0.1) is 0 Å². The van der Waals surface area contributed by atoms with Gasteiger partial charge >= 0.3 is 0 Å². The number of rotatable bonds is 7. The number of amides is 1. The quantitative estimate of drug-likeness (QED) is 0.327. The van der Waals surface area contributed by atoms with Crippen LogP contribution in [-0.2, 0) is 4.79 Å². The van der Waals surface area contributed by atoms with E-state index in [1.807, 2.05) is 80.6 Å². The Balaban J connectivity index is 2.42. The maximum Gasteiger partial charge on any atom is 0.274 e. The van der Waals surface area contributed by atoms with Crippen LogP contribution in [0.5, 0.6) is 0 Å². The molecule has 0 saturated carbocycles. The van der Waals surface area contributed by atoms with Crippen LogP contribution in [-0.4, -0.2) is 33.6 Å². The standard InChI is InChI=1S/C23H27N3O3/c1-16(2)26(23(29)21(25)22(28)20(27)15-24)14-13-19(17-9-5-3-6-10-17)18-11-7-4-8-12-18/h3-13,15-16,27-28H,14,24-25H2,1-2H3/b20-15+,22-21+. The number of hydrogen-bond acceptors (Lipinski definition) is 5. The summed E-state index contributed by atoms with van der Waals surface area (Å²) in [5.41, 5.74) is 13.5. The molecular formula is C23H27N3O3. The van der Waals surface area contributed by atoms with Crippen LogP contribution in [0.1, 0.15) is 25.0 Å². The highest BCUT2D eigenvalue weighted by atomic mass is 16.3. The Kier molecular flexibility index (Phi) is 7.48. The maximum absolute atomic E-state index is 12.8. The normalized spacial score (nSPS) is 12.3. The third-order valence-corrected chi connectivity index (χ3v) is 4.43. The molecule has 2 aromatic carbocycles. The summed E-state index contributed by atoms with van der Waals surface area (Å²) in [6.07, 6.45) is 2.73. The molecule has 0 heterocycles. The molecule has 0 aliphatic rings. The highest BCUT2D eigenvalue weighted by Crippen LogP contribution is 2.23. The SMILES string of the molecule is CC(C)N(CC=C(c1ccccc1)c1ccccc1)C(=O)/C(N)=C(O)/C(O)=C\N. The zero-order chi connectivity index (χ0) is 21.4. The first-order chi connectivity index (χ1) is 13.9. The van der Waals surface area contributed by atoms with Crippen LogP contribution < -0.4 is 11.5 Å². The van der Waals surface area contributed by atoms with Crippen LogP contribution in [0.2, 0.25) is 0 Å². The van der Waals surface area contributed by atoms with Crippen LogP contribution in [0.3, 0.4) is 0 Å². The number of aliphatic hydroxyl groups excluding tert-OH is 2. The Labute approximate surface area is 171 Å². The smallest absolute Gasteiger partial charge is 0.274 e. The van der Waals surface area contributed by atoms with Crippen LogP contribution in [0.25, 0.3) is 5.57 Å².